The summed E-state index contributed by atoms with van der Waals surface area (Å²) in [5.74, 6) is 0. The highest BCUT2D eigenvalue weighted by molar-refractivity contribution is 6.18. The predicted molar refractivity (Wildman–Crippen MR) is 199 cm³/mol. The molecule has 0 saturated heterocycles. The lowest BCUT2D eigenvalue weighted by Gasteiger charge is -2.07. The van der Waals surface area contributed by atoms with Crippen LogP contribution in [0.2, 0.25) is 0 Å². The Labute approximate surface area is 269 Å². The van der Waals surface area contributed by atoms with Crippen LogP contribution in [0.4, 0.5) is 0 Å². The smallest absolute Gasteiger partial charge is 0.0544 e. The molecule has 1 aliphatic rings. The number of nitrogens with one attached hydrogen (secondary N) is 1. The molecule has 0 fully saturated rings. The maximum atomic E-state index is 3.81. The second-order valence-corrected chi connectivity index (χ2v) is 12.9. The van der Waals surface area contributed by atoms with Crippen molar-refractivity contribution < 1.29 is 0 Å². The summed E-state index contributed by atoms with van der Waals surface area (Å²) < 4.78 is 0. The van der Waals surface area contributed by atoms with Gasteiger partial charge in [-0.15, -0.1) is 0 Å². The number of hydrogen-bond donors (Lipinski definition) is 1. The molecule has 0 unspecified atom stereocenters. The first-order valence-corrected chi connectivity index (χ1v) is 16.1. The molecular formula is C45H33N. The van der Waals surface area contributed by atoms with Crippen molar-refractivity contribution >= 4 is 67.7 Å². The third-order valence-corrected chi connectivity index (χ3v) is 9.74. The summed E-state index contributed by atoms with van der Waals surface area (Å²) in [4.78, 5) is 3.81. The zero-order valence-corrected chi connectivity index (χ0v) is 26.1. The molecule has 0 amide bonds. The SMILES string of the molecule is Cc1ccc(/C=C/c2ccc3c4c(ccc3c2)-c2cc3[nH]c5c6ccc(/C=C/c7ccc(C)cc7)cc6ccc5c3cc2C4)cc1. The second kappa shape index (κ2) is 10.5. The summed E-state index contributed by atoms with van der Waals surface area (Å²) >= 11 is 0. The minimum Gasteiger partial charge on any atom is -0.354 e. The van der Waals surface area contributed by atoms with Crippen molar-refractivity contribution in [1.82, 2.24) is 4.98 Å². The van der Waals surface area contributed by atoms with Gasteiger partial charge in [-0.2, -0.15) is 0 Å². The van der Waals surface area contributed by atoms with Crippen LogP contribution in [0, 0.1) is 13.8 Å². The summed E-state index contributed by atoms with van der Waals surface area (Å²) in [6, 6.07) is 45.0. The molecule has 0 spiro atoms. The lowest BCUT2D eigenvalue weighted by molar-refractivity contribution is 1.29. The van der Waals surface area contributed by atoms with Crippen LogP contribution in [-0.2, 0) is 6.42 Å². The third-order valence-electron chi connectivity index (χ3n) is 9.74. The van der Waals surface area contributed by atoms with Crippen LogP contribution < -0.4 is 0 Å². The van der Waals surface area contributed by atoms with Crippen molar-refractivity contribution in [2.75, 3.05) is 0 Å². The number of H-pyrrole nitrogens is 1. The van der Waals surface area contributed by atoms with Gasteiger partial charge in [0.15, 0.2) is 0 Å². The zero-order chi connectivity index (χ0) is 30.8. The largest absolute Gasteiger partial charge is 0.354 e. The minimum absolute atomic E-state index is 0.966. The Balaban J connectivity index is 1.05. The van der Waals surface area contributed by atoms with Gasteiger partial charge in [0.1, 0.15) is 0 Å². The van der Waals surface area contributed by atoms with E-state index in [1.807, 2.05) is 0 Å². The Morgan fingerprint density at radius 1 is 0.457 bits per heavy atom. The third kappa shape index (κ3) is 4.55. The quantitative estimate of drug-likeness (QED) is 0.197. The zero-order valence-electron chi connectivity index (χ0n) is 26.1. The molecule has 0 atom stereocenters. The molecule has 8 aromatic rings. The van der Waals surface area contributed by atoms with E-state index in [1.54, 1.807) is 0 Å². The normalized spacial score (nSPS) is 12.7. The molecule has 0 radical (unpaired) electrons. The lowest BCUT2D eigenvalue weighted by atomic mass is 9.97. The van der Waals surface area contributed by atoms with Gasteiger partial charge in [-0.25, -0.2) is 0 Å². The summed E-state index contributed by atoms with van der Waals surface area (Å²) in [5, 5.41) is 7.77. The average Bonchev–Trinajstić information content (AvgIpc) is 3.64. The monoisotopic (exact) mass is 587 g/mol. The fourth-order valence-corrected chi connectivity index (χ4v) is 7.20. The molecule has 46 heavy (non-hydrogen) atoms. The van der Waals surface area contributed by atoms with Gasteiger partial charge in [-0.05, 0) is 105 Å². The highest BCUT2D eigenvalue weighted by Crippen LogP contribution is 2.44. The van der Waals surface area contributed by atoms with E-state index >= 15 is 0 Å². The fraction of sp³-hybridized carbons (Fsp3) is 0.0667. The van der Waals surface area contributed by atoms with E-state index in [0.717, 1.165) is 6.42 Å². The molecule has 1 heterocycles. The molecule has 1 aliphatic carbocycles. The van der Waals surface area contributed by atoms with Crippen LogP contribution in [0.25, 0.3) is 78.8 Å². The Kier molecular flexibility index (Phi) is 6.08. The van der Waals surface area contributed by atoms with Crippen LogP contribution >= 0.6 is 0 Å². The summed E-state index contributed by atoms with van der Waals surface area (Å²) in [5.41, 5.74) is 15.4. The van der Waals surface area contributed by atoms with Crippen LogP contribution in [0.3, 0.4) is 0 Å². The van der Waals surface area contributed by atoms with Crippen LogP contribution in [0.15, 0.2) is 121 Å². The van der Waals surface area contributed by atoms with Crippen molar-refractivity contribution in [3.63, 3.8) is 0 Å². The summed E-state index contributed by atoms with van der Waals surface area (Å²) in [7, 11) is 0. The summed E-state index contributed by atoms with van der Waals surface area (Å²) in [6.45, 7) is 4.25. The molecule has 0 saturated carbocycles. The molecule has 1 N–H and O–H groups in total. The van der Waals surface area contributed by atoms with E-state index in [1.165, 1.54) is 99.0 Å². The first-order valence-electron chi connectivity index (χ1n) is 16.1. The highest BCUT2D eigenvalue weighted by Gasteiger charge is 2.22. The molecule has 1 heteroatoms. The van der Waals surface area contributed by atoms with E-state index in [-0.39, 0.29) is 0 Å². The van der Waals surface area contributed by atoms with E-state index in [9.17, 15) is 0 Å². The number of fused-ring (bicyclic) bond motifs is 10. The van der Waals surface area contributed by atoms with Gasteiger partial charge in [0.2, 0.25) is 0 Å². The Hall–Kier alpha value is -5.66. The van der Waals surface area contributed by atoms with Gasteiger partial charge in [-0.1, -0.05) is 132 Å². The number of aromatic amines is 1. The van der Waals surface area contributed by atoms with E-state index < -0.39 is 0 Å². The maximum absolute atomic E-state index is 3.81. The minimum atomic E-state index is 0.966. The van der Waals surface area contributed by atoms with Crippen molar-refractivity contribution in [2.45, 2.75) is 20.3 Å². The molecule has 0 bridgehead atoms. The molecular weight excluding hydrogens is 555 g/mol. The molecule has 218 valence electrons. The van der Waals surface area contributed by atoms with Crippen LogP contribution in [0.5, 0.6) is 0 Å². The average molecular weight is 588 g/mol. The van der Waals surface area contributed by atoms with E-state index in [2.05, 4.69) is 164 Å². The number of aryl methyl sites for hydroxylation is 2. The lowest BCUT2D eigenvalue weighted by Crippen LogP contribution is -1.85. The topological polar surface area (TPSA) is 15.8 Å². The van der Waals surface area contributed by atoms with Crippen molar-refractivity contribution in [1.29, 1.82) is 0 Å². The van der Waals surface area contributed by atoms with E-state index in [0.29, 0.717) is 0 Å². The Morgan fingerprint density at radius 2 is 1.00 bits per heavy atom. The standard InChI is InChI=1S/C45H33N/c1-28-3-7-30(8-4-28)11-13-32-15-19-37-34(23-32)17-21-39-41-27-44-43(26-36(41)25-42(37)39)40-22-18-35-24-33(16-20-38(35)45(40)46-44)14-12-31-9-5-29(2)6-10-31/h3-24,26-27,46H,25H2,1-2H3/b13-11+,14-12+. The van der Waals surface area contributed by atoms with Gasteiger partial charge < -0.3 is 4.98 Å². The second-order valence-electron chi connectivity index (χ2n) is 12.9. The Morgan fingerprint density at radius 3 is 1.67 bits per heavy atom. The Bertz CT molecular complexity index is 2540. The van der Waals surface area contributed by atoms with Crippen molar-refractivity contribution in [3.05, 3.63) is 166 Å². The van der Waals surface area contributed by atoms with Crippen LogP contribution in [-0.4, -0.2) is 4.98 Å². The summed E-state index contributed by atoms with van der Waals surface area (Å²) in [6.07, 6.45) is 9.77. The van der Waals surface area contributed by atoms with Gasteiger partial charge >= 0.3 is 0 Å². The maximum Gasteiger partial charge on any atom is 0.0544 e. The van der Waals surface area contributed by atoms with Crippen molar-refractivity contribution in [2.24, 2.45) is 0 Å². The van der Waals surface area contributed by atoms with Gasteiger partial charge in [-0.3, -0.25) is 0 Å². The number of hydrogen-bond acceptors (Lipinski definition) is 0. The van der Waals surface area contributed by atoms with Gasteiger partial charge in [0.25, 0.3) is 0 Å². The molecule has 7 aromatic carbocycles. The van der Waals surface area contributed by atoms with Gasteiger partial charge in [0, 0.05) is 21.7 Å². The molecule has 1 aromatic heterocycles. The first-order chi connectivity index (χ1) is 22.6. The predicted octanol–water partition coefficient (Wildman–Crippen LogP) is 12.2. The number of aromatic nitrogens is 1. The van der Waals surface area contributed by atoms with Crippen LogP contribution in [0.1, 0.15) is 44.5 Å². The molecule has 9 rings (SSSR count). The first kappa shape index (κ1) is 26.7. The molecule has 0 aliphatic heterocycles. The molecule has 1 nitrogen and oxygen atoms in total. The van der Waals surface area contributed by atoms with Crippen molar-refractivity contribution in [3.8, 4) is 11.1 Å². The van der Waals surface area contributed by atoms with Gasteiger partial charge in [0.05, 0.1) is 5.52 Å². The number of rotatable bonds is 4. The number of benzene rings is 7. The van der Waals surface area contributed by atoms with E-state index in [4.69, 9.17) is 0 Å². The highest BCUT2D eigenvalue weighted by atomic mass is 14.7. The fourth-order valence-electron chi connectivity index (χ4n) is 7.20.